The number of aliphatic carboxylic acids is 1. The van der Waals surface area contributed by atoms with Gasteiger partial charge in [-0.2, -0.15) is 0 Å². The number of nitrogens with zero attached hydrogens (tertiary/aromatic N) is 1. The van der Waals surface area contributed by atoms with Gasteiger partial charge in [0.15, 0.2) is 0 Å². The molecule has 0 aliphatic carbocycles. The van der Waals surface area contributed by atoms with Crippen LogP contribution >= 0.6 is 0 Å². The number of unbranched alkanes of at least 4 members (excludes halogenated alkanes) is 2. The van der Waals surface area contributed by atoms with E-state index in [0.717, 1.165) is 5.39 Å². The summed E-state index contributed by atoms with van der Waals surface area (Å²) in [4.78, 5) is 14.7. The number of rotatable bonds is 8. The SMILES string of the molecule is O=C(O)CCCCCNS(=O)(=O)c1cccc2cccnc12. The average Bonchev–Trinajstić information content (AvgIpc) is 2.50. The Morgan fingerprint density at radius 3 is 2.68 bits per heavy atom. The number of carboxylic acids is 1. The van der Waals surface area contributed by atoms with E-state index in [-0.39, 0.29) is 17.9 Å². The van der Waals surface area contributed by atoms with Crippen LogP contribution in [-0.2, 0) is 14.8 Å². The minimum Gasteiger partial charge on any atom is -0.481 e. The summed E-state index contributed by atoms with van der Waals surface area (Å²) in [5.74, 6) is -0.831. The number of nitrogens with one attached hydrogen (secondary N) is 1. The first kappa shape index (κ1) is 16.4. The van der Waals surface area contributed by atoms with E-state index in [1.54, 1.807) is 18.3 Å². The van der Waals surface area contributed by atoms with E-state index in [4.69, 9.17) is 5.11 Å². The van der Waals surface area contributed by atoms with Gasteiger partial charge in [0.25, 0.3) is 0 Å². The molecule has 1 aromatic carbocycles. The Morgan fingerprint density at radius 2 is 1.91 bits per heavy atom. The van der Waals surface area contributed by atoms with Gasteiger partial charge in [-0.05, 0) is 25.0 Å². The molecule has 0 atom stereocenters. The van der Waals surface area contributed by atoms with Crippen LogP contribution in [0.15, 0.2) is 41.4 Å². The summed E-state index contributed by atoms with van der Waals surface area (Å²) in [5, 5.41) is 9.30. The summed E-state index contributed by atoms with van der Waals surface area (Å²) in [6.45, 7) is 0.283. The van der Waals surface area contributed by atoms with Crippen molar-refractivity contribution in [3.05, 3.63) is 36.5 Å². The van der Waals surface area contributed by atoms with Gasteiger partial charge in [-0.25, -0.2) is 13.1 Å². The topological polar surface area (TPSA) is 96.4 Å². The second-order valence-corrected chi connectivity index (χ2v) is 6.67. The number of hydrogen-bond acceptors (Lipinski definition) is 4. The Morgan fingerprint density at radius 1 is 1.14 bits per heavy atom. The van der Waals surface area contributed by atoms with Gasteiger partial charge in [0, 0.05) is 24.5 Å². The number of carbonyl (C=O) groups is 1. The van der Waals surface area contributed by atoms with Crippen molar-refractivity contribution in [3.8, 4) is 0 Å². The first-order valence-corrected chi connectivity index (χ1v) is 8.54. The second kappa shape index (κ2) is 7.33. The summed E-state index contributed by atoms with van der Waals surface area (Å²) >= 11 is 0. The maximum absolute atomic E-state index is 12.3. The summed E-state index contributed by atoms with van der Waals surface area (Å²) in [6.07, 6.45) is 3.49. The molecule has 0 aliphatic heterocycles. The van der Waals surface area contributed by atoms with Crippen LogP contribution in [0.1, 0.15) is 25.7 Å². The molecule has 1 heterocycles. The van der Waals surface area contributed by atoms with Gasteiger partial charge >= 0.3 is 5.97 Å². The Kier molecular flexibility index (Phi) is 5.46. The van der Waals surface area contributed by atoms with Gasteiger partial charge in [-0.15, -0.1) is 0 Å². The normalized spacial score (nSPS) is 11.6. The molecular weight excluding hydrogens is 304 g/mol. The minimum atomic E-state index is -3.62. The lowest BCUT2D eigenvalue weighted by Crippen LogP contribution is -2.25. The van der Waals surface area contributed by atoms with Crippen LogP contribution in [-0.4, -0.2) is 31.0 Å². The molecule has 118 valence electrons. The van der Waals surface area contributed by atoms with Crippen molar-refractivity contribution in [2.24, 2.45) is 0 Å². The number of carboxylic acid groups (broad SMARTS) is 1. The smallest absolute Gasteiger partial charge is 0.303 e. The Bertz CT molecular complexity index is 754. The minimum absolute atomic E-state index is 0.111. The molecule has 0 unspecified atom stereocenters. The fourth-order valence-corrected chi connectivity index (χ4v) is 3.41. The molecule has 0 amide bonds. The van der Waals surface area contributed by atoms with Crippen LogP contribution in [0.25, 0.3) is 10.9 Å². The van der Waals surface area contributed by atoms with Gasteiger partial charge < -0.3 is 5.11 Å². The summed E-state index contributed by atoms with van der Waals surface area (Å²) in [5.41, 5.74) is 0.448. The molecule has 0 radical (unpaired) electrons. The average molecular weight is 322 g/mol. The molecule has 22 heavy (non-hydrogen) atoms. The number of fused-ring (bicyclic) bond motifs is 1. The Labute approximate surface area is 129 Å². The van der Waals surface area contributed by atoms with Crippen molar-refractivity contribution in [3.63, 3.8) is 0 Å². The number of para-hydroxylation sites is 1. The molecule has 6 nitrogen and oxygen atoms in total. The zero-order valence-electron chi connectivity index (χ0n) is 12.0. The highest BCUT2D eigenvalue weighted by Crippen LogP contribution is 2.20. The van der Waals surface area contributed by atoms with E-state index < -0.39 is 16.0 Å². The standard InChI is InChI=1S/C15H18N2O4S/c18-14(19)9-2-1-3-11-17-22(20,21)13-8-4-6-12-7-5-10-16-15(12)13/h4-8,10,17H,1-3,9,11H2,(H,18,19). The van der Waals surface area contributed by atoms with E-state index >= 15 is 0 Å². The largest absolute Gasteiger partial charge is 0.481 e. The van der Waals surface area contributed by atoms with Gasteiger partial charge in [0.2, 0.25) is 10.0 Å². The van der Waals surface area contributed by atoms with Crippen molar-refractivity contribution in [1.29, 1.82) is 0 Å². The highest BCUT2D eigenvalue weighted by molar-refractivity contribution is 7.89. The lowest BCUT2D eigenvalue weighted by atomic mass is 10.2. The van der Waals surface area contributed by atoms with Crippen LogP contribution in [0, 0.1) is 0 Å². The van der Waals surface area contributed by atoms with Gasteiger partial charge in [-0.3, -0.25) is 9.78 Å². The highest BCUT2D eigenvalue weighted by atomic mass is 32.2. The van der Waals surface area contributed by atoms with Gasteiger partial charge in [-0.1, -0.05) is 24.6 Å². The third-order valence-electron chi connectivity index (χ3n) is 3.24. The Hall–Kier alpha value is -1.99. The molecule has 2 aromatic rings. The molecule has 7 heteroatoms. The quantitative estimate of drug-likeness (QED) is 0.726. The van der Waals surface area contributed by atoms with Crippen molar-refractivity contribution in [1.82, 2.24) is 9.71 Å². The third kappa shape index (κ3) is 4.25. The first-order chi connectivity index (χ1) is 10.5. The molecule has 2 rings (SSSR count). The van der Waals surface area contributed by atoms with Gasteiger partial charge in [0.1, 0.15) is 4.90 Å². The van der Waals surface area contributed by atoms with E-state index in [9.17, 15) is 13.2 Å². The highest BCUT2D eigenvalue weighted by Gasteiger charge is 2.17. The van der Waals surface area contributed by atoms with Crippen LogP contribution < -0.4 is 4.72 Å². The van der Waals surface area contributed by atoms with Crippen molar-refractivity contribution in [2.75, 3.05) is 6.54 Å². The summed E-state index contributed by atoms with van der Waals surface area (Å²) < 4.78 is 27.2. The molecule has 1 aromatic heterocycles. The van der Waals surface area contributed by atoms with Crippen molar-refractivity contribution >= 4 is 26.9 Å². The number of pyridine rings is 1. The number of benzene rings is 1. The van der Waals surface area contributed by atoms with E-state index in [1.807, 2.05) is 12.1 Å². The third-order valence-corrected chi connectivity index (χ3v) is 4.74. The van der Waals surface area contributed by atoms with Crippen molar-refractivity contribution < 1.29 is 18.3 Å². The van der Waals surface area contributed by atoms with E-state index in [1.165, 1.54) is 6.07 Å². The number of sulfonamides is 1. The molecule has 0 saturated heterocycles. The van der Waals surface area contributed by atoms with Crippen LogP contribution in [0.2, 0.25) is 0 Å². The first-order valence-electron chi connectivity index (χ1n) is 7.06. The van der Waals surface area contributed by atoms with Crippen LogP contribution in [0.3, 0.4) is 0 Å². The zero-order valence-corrected chi connectivity index (χ0v) is 12.8. The number of hydrogen-bond donors (Lipinski definition) is 2. The fraction of sp³-hybridized carbons (Fsp3) is 0.333. The van der Waals surface area contributed by atoms with Crippen molar-refractivity contribution in [2.45, 2.75) is 30.6 Å². The monoisotopic (exact) mass is 322 g/mol. The predicted octanol–water partition coefficient (Wildman–Crippen LogP) is 2.16. The van der Waals surface area contributed by atoms with E-state index in [0.29, 0.717) is 24.8 Å². The molecule has 0 aliphatic rings. The van der Waals surface area contributed by atoms with E-state index in [2.05, 4.69) is 9.71 Å². The predicted molar refractivity (Wildman–Crippen MR) is 83.0 cm³/mol. The van der Waals surface area contributed by atoms with Gasteiger partial charge in [0.05, 0.1) is 5.52 Å². The lowest BCUT2D eigenvalue weighted by molar-refractivity contribution is -0.137. The maximum Gasteiger partial charge on any atom is 0.303 e. The number of aromatic nitrogens is 1. The molecule has 2 N–H and O–H groups in total. The zero-order chi connectivity index (χ0) is 16.0. The van der Waals surface area contributed by atoms with Crippen LogP contribution in [0.4, 0.5) is 0 Å². The molecule has 0 fully saturated rings. The summed E-state index contributed by atoms with van der Waals surface area (Å²) in [7, 11) is -3.62. The molecular formula is C15H18N2O4S. The second-order valence-electron chi connectivity index (χ2n) is 4.93. The molecule has 0 bridgehead atoms. The molecule has 0 spiro atoms. The summed E-state index contributed by atoms with van der Waals surface area (Å²) in [6, 6.07) is 8.60. The molecule has 0 saturated carbocycles. The fourth-order valence-electron chi connectivity index (χ4n) is 2.16. The Balaban J connectivity index is 1.99. The van der Waals surface area contributed by atoms with Crippen LogP contribution in [0.5, 0.6) is 0 Å². The maximum atomic E-state index is 12.3. The lowest BCUT2D eigenvalue weighted by Gasteiger charge is -2.08.